The van der Waals surface area contributed by atoms with Gasteiger partial charge in [-0.2, -0.15) is 0 Å². The van der Waals surface area contributed by atoms with Crippen molar-refractivity contribution in [3.05, 3.63) is 29.7 Å². The summed E-state index contributed by atoms with van der Waals surface area (Å²) in [7, 11) is 0. The van der Waals surface area contributed by atoms with E-state index in [1.165, 1.54) is 24.0 Å². The molecule has 9 heavy (non-hydrogen) atoms. The minimum absolute atomic E-state index is 1.23. The van der Waals surface area contributed by atoms with E-state index in [1.807, 2.05) is 0 Å². The summed E-state index contributed by atoms with van der Waals surface area (Å²) in [4.78, 5) is 0. The maximum absolute atomic E-state index is 2.25. The number of rotatable bonds is 2. The van der Waals surface area contributed by atoms with Gasteiger partial charge in [0.15, 0.2) is 0 Å². The van der Waals surface area contributed by atoms with Gasteiger partial charge in [-0.3, -0.25) is 0 Å². The minimum Gasteiger partial charge on any atom is -0.0650 e. The van der Waals surface area contributed by atoms with Crippen LogP contribution < -0.4 is 0 Å². The maximum Gasteiger partial charge on any atom is 0.0904 e. The van der Waals surface area contributed by atoms with E-state index in [2.05, 4.69) is 32.4 Å². The van der Waals surface area contributed by atoms with Crippen LogP contribution in [0.1, 0.15) is 26.7 Å². The molecule has 0 atom stereocenters. The molecular weight excluding hydrogens is 108 g/mol. The lowest BCUT2D eigenvalue weighted by molar-refractivity contribution is 0.920. The van der Waals surface area contributed by atoms with Crippen molar-refractivity contribution in [2.75, 3.05) is 0 Å². The summed E-state index contributed by atoms with van der Waals surface area (Å²) in [6.45, 7) is 4.35. The van der Waals surface area contributed by atoms with Crippen LogP contribution in [-0.4, -0.2) is 0 Å². The molecule has 0 aromatic rings. The highest BCUT2D eigenvalue weighted by atomic mass is 14.1. The van der Waals surface area contributed by atoms with Crippen molar-refractivity contribution in [2.45, 2.75) is 26.7 Å². The Balaban J connectivity index is 2.41. The number of allylic oxidation sites excluding steroid dienone is 4. The van der Waals surface area contributed by atoms with Crippen LogP contribution in [0.15, 0.2) is 23.3 Å². The summed E-state index contributed by atoms with van der Waals surface area (Å²) >= 11 is 0. The molecule has 0 N–H and O–H groups in total. The summed E-state index contributed by atoms with van der Waals surface area (Å²) in [5.74, 6) is 0. The molecule has 48 valence electrons. The normalized spacial score (nSPS) is 16.7. The zero-order chi connectivity index (χ0) is 6.69. The molecule has 0 nitrogen and oxygen atoms in total. The quantitative estimate of drug-likeness (QED) is 0.493. The topological polar surface area (TPSA) is 0 Å². The molecular formula is C9H13+. The van der Waals surface area contributed by atoms with Gasteiger partial charge in [0.2, 0.25) is 0 Å². The lowest BCUT2D eigenvalue weighted by Crippen LogP contribution is -1.75. The molecule has 0 spiro atoms. The Morgan fingerprint density at radius 3 is 2.78 bits per heavy atom. The molecule has 0 bridgehead atoms. The molecule has 0 fully saturated rings. The Morgan fingerprint density at radius 2 is 2.33 bits per heavy atom. The van der Waals surface area contributed by atoms with Crippen molar-refractivity contribution in [3.8, 4) is 0 Å². The highest BCUT2D eigenvalue weighted by Gasteiger charge is 2.10. The second-order valence-electron chi connectivity index (χ2n) is 2.55. The summed E-state index contributed by atoms with van der Waals surface area (Å²) in [6.07, 6.45) is 9.12. The molecule has 1 aliphatic rings. The summed E-state index contributed by atoms with van der Waals surface area (Å²) in [5, 5.41) is 0. The molecule has 1 rings (SSSR count). The van der Waals surface area contributed by atoms with Crippen molar-refractivity contribution < 1.29 is 0 Å². The first-order valence-corrected chi connectivity index (χ1v) is 3.55. The summed E-state index contributed by atoms with van der Waals surface area (Å²) < 4.78 is 0. The van der Waals surface area contributed by atoms with Gasteiger partial charge in [0.25, 0.3) is 0 Å². The van der Waals surface area contributed by atoms with E-state index in [1.54, 1.807) is 0 Å². The van der Waals surface area contributed by atoms with E-state index < -0.39 is 0 Å². The Labute approximate surface area is 57.3 Å². The molecule has 0 aromatic carbocycles. The molecule has 0 heteroatoms. The summed E-state index contributed by atoms with van der Waals surface area (Å²) in [6, 6.07) is 0. The van der Waals surface area contributed by atoms with Crippen LogP contribution in [0, 0.1) is 6.42 Å². The monoisotopic (exact) mass is 121 g/mol. The Morgan fingerprint density at radius 1 is 1.56 bits per heavy atom. The van der Waals surface area contributed by atoms with Crippen LogP contribution >= 0.6 is 0 Å². The molecule has 0 amide bonds. The molecule has 0 saturated carbocycles. The van der Waals surface area contributed by atoms with Gasteiger partial charge in [-0.05, 0) is 12.8 Å². The van der Waals surface area contributed by atoms with Gasteiger partial charge < -0.3 is 0 Å². The third-order valence-corrected chi connectivity index (χ3v) is 1.51. The standard InChI is InChI=1S/C9H13/c1-3-4-9-6-5-8(2)7-9/h5-7H,3-4H2,1-2H3/q+1. The van der Waals surface area contributed by atoms with Crippen LogP contribution in [0.3, 0.4) is 0 Å². The maximum atomic E-state index is 2.25. The van der Waals surface area contributed by atoms with Gasteiger partial charge in [0.05, 0.1) is 23.3 Å². The van der Waals surface area contributed by atoms with Gasteiger partial charge >= 0.3 is 0 Å². The van der Waals surface area contributed by atoms with E-state index in [0.717, 1.165) is 0 Å². The molecule has 1 aliphatic carbocycles. The first-order valence-electron chi connectivity index (χ1n) is 3.55. The number of hydrogen-bond donors (Lipinski definition) is 0. The molecule has 0 aromatic heterocycles. The molecule has 0 aliphatic heterocycles. The largest absolute Gasteiger partial charge is 0.0904 e. The lowest BCUT2D eigenvalue weighted by atomic mass is 10.1. The van der Waals surface area contributed by atoms with Gasteiger partial charge in [-0.1, -0.05) is 6.92 Å². The zero-order valence-corrected chi connectivity index (χ0v) is 6.15. The van der Waals surface area contributed by atoms with Gasteiger partial charge in [-0.15, -0.1) is 0 Å². The smallest absolute Gasteiger partial charge is 0.0650 e. The predicted molar refractivity (Wildman–Crippen MR) is 41.0 cm³/mol. The molecule has 0 unspecified atom stereocenters. The first kappa shape index (κ1) is 6.47. The van der Waals surface area contributed by atoms with Gasteiger partial charge in [0, 0.05) is 13.3 Å². The second kappa shape index (κ2) is 2.77. The van der Waals surface area contributed by atoms with Gasteiger partial charge in [0.1, 0.15) is 0 Å². The van der Waals surface area contributed by atoms with Crippen molar-refractivity contribution in [2.24, 2.45) is 0 Å². The van der Waals surface area contributed by atoms with Crippen LogP contribution in [0.25, 0.3) is 0 Å². The Bertz CT molecular complexity index is 149. The highest BCUT2D eigenvalue weighted by molar-refractivity contribution is 5.39. The first-order chi connectivity index (χ1) is 4.33. The van der Waals surface area contributed by atoms with E-state index in [9.17, 15) is 0 Å². The fourth-order valence-electron chi connectivity index (χ4n) is 1.07. The Kier molecular flexibility index (Phi) is 1.99. The fourth-order valence-corrected chi connectivity index (χ4v) is 1.07. The zero-order valence-electron chi connectivity index (χ0n) is 6.15. The van der Waals surface area contributed by atoms with Crippen molar-refractivity contribution in [1.82, 2.24) is 0 Å². The summed E-state index contributed by atoms with van der Waals surface area (Å²) in [5.41, 5.74) is 2.87. The van der Waals surface area contributed by atoms with E-state index in [0.29, 0.717) is 0 Å². The third-order valence-electron chi connectivity index (χ3n) is 1.51. The van der Waals surface area contributed by atoms with Crippen molar-refractivity contribution in [3.63, 3.8) is 0 Å². The van der Waals surface area contributed by atoms with E-state index in [-0.39, 0.29) is 0 Å². The van der Waals surface area contributed by atoms with Crippen LogP contribution in [0.2, 0.25) is 0 Å². The Hall–Kier alpha value is -0.650. The van der Waals surface area contributed by atoms with Crippen molar-refractivity contribution >= 4 is 0 Å². The van der Waals surface area contributed by atoms with Crippen molar-refractivity contribution in [1.29, 1.82) is 0 Å². The SMILES string of the molecule is CCCC1=CC(C)=C[CH+]1. The highest BCUT2D eigenvalue weighted by Crippen LogP contribution is 2.19. The molecule has 0 saturated heterocycles. The van der Waals surface area contributed by atoms with E-state index >= 15 is 0 Å². The van der Waals surface area contributed by atoms with Crippen LogP contribution in [0.5, 0.6) is 0 Å². The second-order valence-corrected chi connectivity index (χ2v) is 2.55. The molecule has 0 heterocycles. The van der Waals surface area contributed by atoms with Crippen LogP contribution in [-0.2, 0) is 0 Å². The molecule has 0 radical (unpaired) electrons. The fraction of sp³-hybridized carbons (Fsp3) is 0.444. The average molecular weight is 121 g/mol. The predicted octanol–water partition coefficient (Wildman–Crippen LogP) is 2.88. The van der Waals surface area contributed by atoms with Gasteiger partial charge in [-0.25, -0.2) is 0 Å². The van der Waals surface area contributed by atoms with Crippen LogP contribution in [0.4, 0.5) is 0 Å². The van der Waals surface area contributed by atoms with E-state index in [4.69, 9.17) is 0 Å². The number of hydrogen-bond acceptors (Lipinski definition) is 0. The lowest BCUT2D eigenvalue weighted by Gasteiger charge is -1.86. The average Bonchev–Trinajstić information content (AvgIpc) is 2.17. The minimum atomic E-state index is 1.23. The third kappa shape index (κ3) is 1.63.